The molecule has 1 unspecified atom stereocenters. The lowest BCUT2D eigenvalue weighted by molar-refractivity contribution is -0.0495. The van der Waals surface area contributed by atoms with E-state index in [4.69, 9.17) is 0 Å². The molecule has 4 heterocycles. The molecule has 4 aromatic rings. The maximum absolute atomic E-state index is 13.7. The summed E-state index contributed by atoms with van der Waals surface area (Å²) in [6.45, 7) is 3.57. The SMILES string of the molecule is CCc1nc2cc(F)ccn2c1C(=O)NCc1ccc(-c2nc3n(n2)CCC(C(C)(F)F)C3)cc1. The van der Waals surface area contributed by atoms with E-state index in [1.54, 1.807) is 9.08 Å². The maximum atomic E-state index is 13.7. The predicted molar refractivity (Wildman–Crippen MR) is 124 cm³/mol. The first kappa shape index (κ1) is 23.1. The van der Waals surface area contributed by atoms with Crippen molar-refractivity contribution in [3.05, 3.63) is 71.2 Å². The molecular weight excluding hydrogens is 457 g/mol. The Bertz CT molecular complexity index is 1390. The van der Waals surface area contributed by atoms with Crippen LogP contribution in [0.5, 0.6) is 0 Å². The van der Waals surface area contributed by atoms with E-state index in [1.165, 1.54) is 18.3 Å². The lowest BCUT2D eigenvalue weighted by atomic mass is 9.92. The van der Waals surface area contributed by atoms with Crippen LogP contribution in [0.4, 0.5) is 13.2 Å². The van der Waals surface area contributed by atoms with Gasteiger partial charge in [0.05, 0.1) is 5.69 Å². The van der Waals surface area contributed by atoms with E-state index in [0.717, 1.165) is 18.1 Å². The molecule has 1 N–H and O–H groups in total. The van der Waals surface area contributed by atoms with Gasteiger partial charge in [0.1, 0.15) is 23.0 Å². The van der Waals surface area contributed by atoms with Gasteiger partial charge in [-0.25, -0.2) is 27.8 Å². The number of nitrogens with zero attached hydrogens (tertiary/aromatic N) is 5. The van der Waals surface area contributed by atoms with Crippen LogP contribution in [0.25, 0.3) is 17.0 Å². The second-order valence-electron chi connectivity index (χ2n) is 8.93. The van der Waals surface area contributed by atoms with E-state index in [0.29, 0.717) is 48.1 Å². The van der Waals surface area contributed by atoms with Crippen molar-refractivity contribution >= 4 is 11.6 Å². The van der Waals surface area contributed by atoms with Crippen molar-refractivity contribution in [1.82, 2.24) is 29.5 Å². The van der Waals surface area contributed by atoms with Gasteiger partial charge in [-0.2, -0.15) is 5.10 Å². The van der Waals surface area contributed by atoms with E-state index in [2.05, 4.69) is 20.4 Å². The van der Waals surface area contributed by atoms with Crippen LogP contribution >= 0.6 is 0 Å². The van der Waals surface area contributed by atoms with Crippen molar-refractivity contribution in [2.45, 2.75) is 52.1 Å². The molecule has 5 rings (SSSR count). The van der Waals surface area contributed by atoms with Gasteiger partial charge in [-0.1, -0.05) is 31.2 Å². The molecule has 0 spiro atoms. The number of hydrogen-bond acceptors (Lipinski definition) is 4. The number of rotatable bonds is 6. The standard InChI is InChI=1S/C25H25F3N6O/c1-3-19-22(33-10-9-18(26)13-20(33)30-19)24(35)29-14-15-4-6-16(7-5-15)23-31-21-12-17(25(2,27)28)8-11-34(21)32-23/h4-7,9-10,13,17H,3,8,11-12,14H2,1-2H3,(H,29,35). The molecule has 1 aromatic carbocycles. The van der Waals surface area contributed by atoms with Crippen molar-refractivity contribution in [1.29, 1.82) is 0 Å². The molecule has 0 aliphatic carbocycles. The minimum absolute atomic E-state index is 0.205. The first-order chi connectivity index (χ1) is 16.7. The summed E-state index contributed by atoms with van der Waals surface area (Å²) in [7, 11) is 0. The summed E-state index contributed by atoms with van der Waals surface area (Å²) in [4.78, 5) is 21.8. The summed E-state index contributed by atoms with van der Waals surface area (Å²) in [5, 5.41) is 7.38. The minimum Gasteiger partial charge on any atom is -0.347 e. The average Bonchev–Trinajstić information content (AvgIpc) is 3.42. The van der Waals surface area contributed by atoms with Gasteiger partial charge >= 0.3 is 0 Å². The second-order valence-corrected chi connectivity index (χ2v) is 8.93. The number of hydrogen-bond donors (Lipinski definition) is 1. The summed E-state index contributed by atoms with van der Waals surface area (Å²) in [6, 6.07) is 10.0. The summed E-state index contributed by atoms with van der Waals surface area (Å²) in [6.07, 6.45) is 2.62. The van der Waals surface area contributed by atoms with Crippen molar-refractivity contribution < 1.29 is 18.0 Å². The molecule has 1 aliphatic rings. The van der Waals surface area contributed by atoms with E-state index < -0.39 is 17.7 Å². The fourth-order valence-electron chi connectivity index (χ4n) is 4.45. The highest BCUT2D eigenvalue weighted by Gasteiger charge is 2.37. The Morgan fingerprint density at radius 1 is 1.20 bits per heavy atom. The van der Waals surface area contributed by atoms with Crippen LogP contribution in [0, 0.1) is 11.7 Å². The zero-order valence-electron chi connectivity index (χ0n) is 19.4. The minimum atomic E-state index is -2.74. The van der Waals surface area contributed by atoms with E-state index in [-0.39, 0.29) is 18.9 Å². The third-order valence-electron chi connectivity index (χ3n) is 6.46. The molecule has 35 heavy (non-hydrogen) atoms. The van der Waals surface area contributed by atoms with Gasteiger partial charge in [-0.05, 0) is 31.4 Å². The van der Waals surface area contributed by atoms with Gasteiger partial charge < -0.3 is 5.32 Å². The van der Waals surface area contributed by atoms with Gasteiger partial charge in [0.15, 0.2) is 5.82 Å². The number of alkyl halides is 2. The van der Waals surface area contributed by atoms with E-state index in [9.17, 15) is 18.0 Å². The first-order valence-electron chi connectivity index (χ1n) is 11.6. The molecule has 0 radical (unpaired) electrons. The summed E-state index contributed by atoms with van der Waals surface area (Å²) in [5.41, 5.74) is 3.03. The number of aryl methyl sites for hydroxylation is 2. The number of halogens is 3. The molecule has 0 saturated heterocycles. The van der Waals surface area contributed by atoms with Crippen LogP contribution in [0.15, 0.2) is 42.6 Å². The van der Waals surface area contributed by atoms with E-state index >= 15 is 0 Å². The van der Waals surface area contributed by atoms with Crippen LogP contribution in [0.3, 0.4) is 0 Å². The van der Waals surface area contributed by atoms with Crippen LogP contribution in [0.1, 0.15) is 47.8 Å². The predicted octanol–water partition coefficient (Wildman–Crippen LogP) is 4.44. The number of aromatic nitrogens is 5. The van der Waals surface area contributed by atoms with Crippen molar-refractivity contribution in [3.8, 4) is 11.4 Å². The lowest BCUT2D eigenvalue weighted by Crippen LogP contribution is -2.32. The average molecular weight is 483 g/mol. The fraction of sp³-hybridized carbons (Fsp3) is 0.360. The Kier molecular flexibility index (Phi) is 5.82. The Labute approximate surface area is 200 Å². The smallest absolute Gasteiger partial charge is 0.270 e. The van der Waals surface area contributed by atoms with E-state index in [1.807, 2.05) is 31.2 Å². The molecule has 1 amide bonds. The van der Waals surface area contributed by atoms with Gasteiger partial charge in [0.2, 0.25) is 5.92 Å². The van der Waals surface area contributed by atoms with Crippen LogP contribution in [0.2, 0.25) is 0 Å². The van der Waals surface area contributed by atoms with Crippen LogP contribution in [-0.4, -0.2) is 36.0 Å². The van der Waals surface area contributed by atoms with Crippen molar-refractivity contribution in [2.75, 3.05) is 0 Å². The fourth-order valence-corrected chi connectivity index (χ4v) is 4.45. The molecule has 0 bridgehead atoms. The molecule has 182 valence electrons. The van der Waals surface area contributed by atoms with Crippen molar-refractivity contribution in [3.63, 3.8) is 0 Å². The molecule has 7 nitrogen and oxygen atoms in total. The maximum Gasteiger partial charge on any atom is 0.270 e. The van der Waals surface area contributed by atoms with Crippen LogP contribution in [-0.2, 0) is 25.9 Å². The zero-order chi connectivity index (χ0) is 24.7. The molecule has 0 fully saturated rings. The first-order valence-corrected chi connectivity index (χ1v) is 11.6. The topological polar surface area (TPSA) is 77.1 Å². The van der Waals surface area contributed by atoms with Crippen molar-refractivity contribution in [2.24, 2.45) is 5.92 Å². The summed E-state index contributed by atoms with van der Waals surface area (Å²) >= 11 is 0. The Balaban J connectivity index is 1.28. The number of pyridine rings is 1. The monoisotopic (exact) mass is 482 g/mol. The quantitative estimate of drug-likeness (QED) is 0.441. The summed E-state index contributed by atoms with van der Waals surface area (Å²) in [5.74, 6) is -3.09. The number of fused-ring (bicyclic) bond motifs is 2. The summed E-state index contributed by atoms with van der Waals surface area (Å²) < 4.78 is 44.3. The molecule has 3 aromatic heterocycles. The highest BCUT2D eigenvalue weighted by atomic mass is 19.3. The number of benzene rings is 1. The molecule has 10 heteroatoms. The molecule has 1 atom stereocenters. The number of carbonyl (C=O) groups is 1. The van der Waals surface area contributed by atoms with Gasteiger partial charge in [0.25, 0.3) is 5.91 Å². The molecule has 1 aliphatic heterocycles. The van der Waals surface area contributed by atoms with Gasteiger partial charge in [0, 0.05) is 43.3 Å². The number of amides is 1. The normalized spacial score (nSPS) is 15.9. The highest BCUT2D eigenvalue weighted by Crippen LogP contribution is 2.33. The Hall–Kier alpha value is -3.69. The van der Waals surface area contributed by atoms with Crippen LogP contribution < -0.4 is 5.32 Å². The highest BCUT2D eigenvalue weighted by molar-refractivity contribution is 5.94. The Morgan fingerprint density at radius 2 is 1.97 bits per heavy atom. The number of imidazole rings is 1. The zero-order valence-corrected chi connectivity index (χ0v) is 19.4. The largest absolute Gasteiger partial charge is 0.347 e. The lowest BCUT2D eigenvalue weighted by Gasteiger charge is -2.26. The molecule has 0 saturated carbocycles. The third-order valence-corrected chi connectivity index (χ3v) is 6.46. The Morgan fingerprint density at radius 3 is 2.69 bits per heavy atom. The number of nitrogens with one attached hydrogen (secondary N) is 1. The second kappa shape index (κ2) is 8.83. The van der Waals surface area contributed by atoms with Gasteiger partial charge in [-0.3, -0.25) is 9.20 Å². The third kappa shape index (κ3) is 4.52. The number of carbonyl (C=O) groups excluding carboxylic acids is 1. The molecular formula is C25H25F3N6O. The van der Waals surface area contributed by atoms with Gasteiger partial charge in [-0.15, -0.1) is 0 Å².